The highest BCUT2D eigenvalue weighted by Gasteiger charge is 2.16. The predicted octanol–water partition coefficient (Wildman–Crippen LogP) is 1.92. The van der Waals surface area contributed by atoms with Gasteiger partial charge < -0.3 is 15.2 Å². The van der Waals surface area contributed by atoms with Gasteiger partial charge in [-0.2, -0.15) is 0 Å². The number of amides is 1. The van der Waals surface area contributed by atoms with Crippen molar-refractivity contribution < 1.29 is 9.32 Å². The standard InChI is InChI=1S/C13H23N3O2/c1-4-10(5-2)11-9-12(18-16-11)13(17)15-8-7-14-6-3/h9-10,14H,4-8H2,1-3H3,(H,15,17). The van der Waals surface area contributed by atoms with E-state index in [0.29, 0.717) is 18.2 Å². The fourth-order valence-electron chi connectivity index (χ4n) is 1.82. The van der Waals surface area contributed by atoms with Crippen molar-refractivity contribution in [2.75, 3.05) is 19.6 Å². The molecule has 1 heterocycles. The number of nitrogens with zero attached hydrogens (tertiary/aromatic N) is 1. The van der Waals surface area contributed by atoms with Crippen molar-refractivity contribution in [3.63, 3.8) is 0 Å². The van der Waals surface area contributed by atoms with Crippen LogP contribution in [-0.4, -0.2) is 30.7 Å². The van der Waals surface area contributed by atoms with Crippen LogP contribution in [0.4, 0.5) is 0 Å². The van der Waals surface area contributed by atoms with E-state index in [2.05, 4.69) is 29.6 Å². The summed E-state index contributed by atoms with van der Waals surface area (Å²) in [6, 6.07) is 1.75. The minimum absolute atomic E-state index is 0.197. The van der Waals surface area contributed by atoms with E-state index in [9.17, 15) is 4.79 Å². The van der Waals surface area contributed by atoms with E-state index in [-0.39, 0.29) is 5.91 Å². The molecule has 0 aliphatic rings. The van der Waals surface area contributed by atoms with Gasteiger partial charge in [0.15, 0.2) is 0 Å². The molecule has 0 spiro atoms. The van der Waals surface area contributed by atoms with Gasteiger partial charge in [-0.05, 0) is 19.4 Å². The zero-order chi connectivity index (χ0) is 13.4. The number of aromatic nitrogens is 1. The Kier molecular flexibility index (Phi) is 6.43. The van der Waals surface area contributed by atoms with E-state index in [4.69, 9.17) is 4.52 Å². The average molecular weight is 253 g/mol. The van der Waals surface area contributed by atoms with Gasteiger partial charge in [0.1, 0.15) is 0 Å². The van der Waals surface area contributed by atoms with Crippen LogP contribution in [0.15, 0.2) is 10.6 Å². The first-order valence-corrected chi connectivity index (χ1v) is 6.68. The van der Waals surface area contributed by atoms with Gasteiger partial charge in [0.2, 0.25) is 5.76 Å². The van der Waals surface area contributed by atoms with Gasteiger partial charge in [-0.3, -0.25) is 4.79 Å². The number of hydrogen-bond donors (Lipinski definition) is 2. The molecule has 0 aromatic carbocycles. The first kappa shape index (κ1) is 14.7. The van der Waals surface area contributed by atoms with E-state index in [1.807, 2.05) is 6.92 Å². The zero-order valence-electron chi connectivity index (χ0n) is 11.5. The second-order valence-electron chi connectivity index (χ2n) is 4.24. The van der Waals surface area contributed by atoms with Crippen LogP contribution in [0.25, 0.3) is 0 Å². The Morgan fingerprint density at radius 3 is 2.67 bits per heavy atom. The van der Waals surface area contributed by atoms with Crippen molar-refractivity contribution in [1.29, 1.82) is 0 Å². The molecule has 1 amide bonds. The molecule has 1 aromatic heterocycles. The van der Waals surface area contributed by atoms with Gasteiger partial charge in [0.25, 0.3) is 5.91 Å². The molecule has 0 radical (unpaired) electrons. The smallest absolute Gasteiger partial charge is 0.289 e. The van der Waals surface area contributed by atoms with Crippen molar-refractivity contribution >= 4 is 5.91 Å². The molecule has 5 heteroatoms. The summed E-state index contributed by atoms with van der Waals surface area (Å²) >= 11 is 0. The van der Waals surface area contributed by atoms with Crippen LogP contribution in [0.2, 0.25) is 0 Å². The van der Waals surface area contributed by atoms with Crippen molar-refractivity contribution in [2.45, 2.75) is 39.5 Å². The van der Waals surface area contributed by atoms with Gasteiger partial charge in [-0.15, -0.1) is 0 Å². The minimum atomic E-state index is -0.197. The molecular formula is C13H23N3O2. The SMILES string of the molecule is CCNCCNC(=O)c1cc(C(CC)CC)no1. The van der Waals surface area contributed by atoms with Crippen LogP contribution < -0.4 is 10.6 Å². The monoisotopic (exact) mass is 253 g/mol. The Hall–Kier alpha value is -1.36. The molecule has 0 fully saturated rings. The summed E-state index contributed by atoms with van der Waals surface area (Å²) in [5, 5.41) is 9.89. The summed E-state index contributed by atoms with van der Waals surface area (Å²) in [4.78, 5) is 11.7. The maximum Gasteiger partial charge on any atom is 0.289 e. The van der Waals surface area contributed by atoms with E-state index in [1.54, 1.807) is 6.07 Å². The molecule has 0 aliphatic heterocycles. The summed E-state index contributed by atoms with van der Waals surface area (Å²) < 4.78 is 5.09. The van der Waals surface area contributed by atoms with Crippen LogP contribution in [-0.2, 0) is 0 Å². The quantitative estimate of drug-likeness (QED) is 0.695. The van der Waals surface area contributed by atoms with Gasteiger partial charge in [-0.1, -0.05) is 25.9 Å². The lowest BCUT2D eigenvalue weighted by atomic mass is 9.99. The van der Waals surface area contributed by atoms with E-state index < -0.39 is 0 Å². The minimum Gasteiger partial charge on any atom is -0.351 e. The molecule has 0 bridgehead atoms. The van der Waals surface area contributed by atoms with Gasteiger partial charge in [-0.25, -0.2) is 0 Å². The third kappa shape index (κ3) is 4.14. The normalized spacial score (nSPS) is 10.9. The number of likely N-dealkylation sites (N-methyl/N-ethyl adjacent to an activating group) is 1. The molecule has 0 unspecified atom stereocenters. The Balaban J connectivity index is 2.49. The fraction of sp³-hybridized carbons (Fsp3) is 0.692. The number of hydrogen-bond acceptors (Lipinski definition) is 4. The van der Waals surface area contributed by atoms with Crippen LogP contribution in [0, 0.1) is 0 Å². The largest absolute Gasteiger partial charge is 0.351 e. The van der Waals surface area contributed by atoms with E-state index in [1.165, 1.54) is 0 Å². The van der Waals surface area contributed by atoms with Gasteiger partial charge >= 0.3 is 0 Å². The third-order valence-electron chi connectivity index (χ3n) is 2.99. The lowest BCUT2D eigenvalue weighted by Crippen LogP contribution is -2.31. The maximum absolute atomic E-state index is 11.7. The van der Waals surface area contributed by atoms with Crippen molar-refractivity contribution in [2.24, 2.45) is 0 Å². The Morgan fingerprint density at radius 1 is 1.33 bits per heavy atom. The highest BCUT2D eigenvalue weighted by atomic mass is 16.5. The molecular weight excluding hydrogens is 230 g/mol. The molecule has 1 aromatic rings. The maximum atomic E-state index is 11.7. The summed E-state index contributed by atoms with van der Waals surface area (Å²) in [5.74, 6) is 0.475. The number of carbonyl (C=O) groups is 1. The van der Waals surface area contributed by atoms with E-state index >= 15 is 0 Å². The molecule has 5 nitrogen and oxygen atoms in total. The molecule has 102 valence electrons. The lowest BCUT2D eigenvalue weighted by Gasteiger charge is -2.06. The number of carbonyl (C=O) groups excluding carboxylic acids is 1. The Labute approximate surface area is 108 Å². The summed E-state index contributed by atoms with van der Waals surface area (Å²) in [6.07, 6.45) is 2.01. The number of rotatable bonds is 8. The van der Waals surface area contributed by atoms with Crippen LogP contribution in [0.1, 0.15) is 55.8 Å². The summed E-state index contributed by atoms with van der Waals surface area (Å²) in [7, 11) is 0. The molecule has 18 heavy (non-hydrogen) atoms. The first-order valence-electron chi connectivity index (χ1n) is 6.68. The second-order valence-corrected chi connectivity index (χ2v) is 4.24. The van der Waals surface area contributed by atoms with Crippen molar-refractivity contribution in [3.05, 3.63) is 17.5 Å². The molecule has 1 rings (SSSR count). The topological polar surface area (TPSA) is 67.2 Å². The van der Waals surface area contributed by atoms with Gasteiger partial charge in [0.05, 0.1) is 5.69 Å². The van der Waals surface area contributed by atoms with Crippen molar-refractivity contribution in [1.82, 2.24) is 15.8 Å². The lowest BCUT2D eigenvalue weighted by molar-refractivity contribution is 0.0917. The Morgan fingerprint density at radius 2 is 2.06 bits per heavy atom. The van der Waals surface area contributed by atoms with Gasteiger partial charge in [0, 0.05) is 25.1 Å². The van der Waals surface area contributed by atoms with E-state index in [0.717, 1.165) is 31.6 Å². The number of nitrogens with one attached hydrogen (secondary N) is 2. The highest BCUT2D eigenvalue weighted by molar-refractivity contribution is 5.91. The highest BCUT2D eigenvalue weighted by Crippen LogP contribution is 2.22. The fourth-order valence-corrected chi connectivity index (χ4v) is 1.82. The molecule has 0 saturated carbocycles. The summed E-state index contributed by atoms with van der Waals surface area (Å²) in [6.45, 7) is 8.50. The molecule has 0 aliphatic carbocycles. The molecule has 2 N–H and O–H groups in total. The molecule has 0 atom stereocenters. The summed E-state index contributed by atoms with van der Waals surface area (Å²) in [5.41, 5.74) is 0.872. The van der Waals surface area contributed by atoms with Crippen LogP contribution >= 0.6 is 0 Å². The van der Waals surface area contributed by atoms with Crippen LogP contribution in [0.5, 0.6) is 0 Å². The molecule has 0 saturated heterocycles. The Bertz CT molecular complexity index is 359. The second kappa shape index (κ2) is 7.87. The average Bonchev–Trinajstić information content (AvgIpc) is 2.86. The third-order valence-corrected chi connectivity index (χ3v) is 2.99. The zero-order valence-corrected chi connectivity index (χ0v) is 11.5. The van der Waals surface area contributed by atoms with Crippen LogP contribution in [0.3, 0.4) is 0 Å². The predicted molar refractivity (Wildman–Crippen MR) is 70.7 cm³/mol. The van der Waals surface area contributed by atoms with Crippen molar-refractivity contribution in [3.8, 4) is 0 Å². The first-order chi connectivity index (χ1) is 8.72.